The second-order valence-corrected chi connectivity index (χ2v) is 5.59. The molecule has 1 heterocycles. The van der Waals surface area contributed by atoms with E-state index in [1.165, 1.54) is 0 Å². The molecule has 0 bridgehead atoms. The maximum absolute atomic E-state index is 6.15. The van der Waals surface area contributed by atoms with E-state index in [2.05, 4.69) is 19.2 Å². The molecule has 0 aliphatic carbocycles. The summed E-state index contributed by atoms with van der Waals surface area (Å²) < 4.78 is 5.69. The fourth-order valence-electron chi connectivity index (χ4n) is 2.22. The highest BCUT2D eigenvalue weighted by Gasteiger charge is 2.28. The van der Waals surface area contributed by atoms with Gasteiger partial charge in [-0.1, -0.05) is 11.6 Å². The maximum atomic E-state index is 6.15. The third-order valence-corrected chi connectivity index (χ3v) is 3.36. The second kappa shape index (κ2) is 4.75. The van der Waals surface area contributed by atoms with E-state index in [1.807, 2.05) is 12.1 Å². The molecule has 1 aliphatic rings. The van der Waals surface area contributed by atoms with Crippen LogP contribution in [0.1, 0.15) is 26.7 Å². The first-order valence-corrected chi connectivity index (χ1v) is 6.30. The number of ether oxygens (including phenoxy) is 1. The van der Waals surface area contributed by atoms with Crippen LogP contribution in [-0.4, -0.2) is 18.2 Å². The van der Waals surface area contributed by atoms with Crippen molar-refractivity contribution in [1.82, 2.24) is 0 Å². The normalized spacial score (nSPS) is 23.4. The van der Waals surface area contributed by atoms with Crippen LogP contribution in [0.15, 0.2) is 18.2 Å². The average Bonchev–Trinajstić information content (AvgIpc) is 2.21. The van der Waals surface area contributed by atoms with Crippen molar-refractivity contribution in [1.29, 1.82) is 0 Å². The molecule has 3 nitrogen and oxygen atoms in total. The van der Waals surface area contributed by atoms with E-state index in [4.69, 9.17) is 22.1 Å². The first-order chi connectivity index (χ1) is 7.96. The van der Waals surface area contributed by atoms with Crippen LogP contribution in [0, 0.1) is 0 Å². The van der Waals surface area contributed by atoms with E-state index in [0.29, 0.717) is 16.8 Å². The number of hydrogen-bond donors (Lipinski definition) is 2. The van der Waals surface area contributed by atoms with Crippen molar-refractivity contribution in [2.75, 3.05) is 17.7 Å². The lowest BCUT2D eigenvalue weighted by atomic mass is 9.94. The van der Waals surface area contributed by atoms with Crippen LogP contribution in [0.25, 0.3) is 0 Å². The second-order valence-electron chi connectivity index (χ2n) is 5.18. The van der Waals surface area contributed by atoms with Crippen LogP contribution in [-0.2, 0) is 4.74 Å². The minimum absolute atomic E-state index is 0.0593. The molecule has 0 amide bonds. The molecule has 1 aromatic carbocycles. The minimum atomic E-state index is -0.0593. The van der Waals surface area contributed by atoms with E-state index < -0.39 is 0 Å². The van der Waals surface area contributed by atoms with Crippen molar-refractivity contribution in [3.63, 3.8) is 0 Å². The Hall–Kier alpha value is -0.930. The van der Waals surface area contributed by atoms with E-state index in [-0.39, 0.29) is 5.60 Å². The van der Waals surface area contributed by atoms with Crippen LogP contribution in [0.3, 0.4) is 0 Å². The minimum Gasteiger partial charge on any atom is -0.399 e. The van der Waals surface area contributed by atoms with Gasteiger partial charge in [-0.15, -0.1) is 0 Å². The Morgan fingerprint density at radius 1 is 1.47 bits per heavy atom. The largest absolute Gasteiger partial charge is 0.399 e. The van der Waals surface area contributed by atoms with Crippen molar-refractivity contribution < 1.29 is 4.74 Å². The SMILES string of the molecule is CC1(C)CC(Nc2ccc(N)cc2Cl)CCO1. The Labute approximate surface area is 107 Å². The Balaban J connectivity index is 2.05. The van der Waals surface area contributed by atoms with Crippen molar-refractivity contribution in [3.8, 4) is 0 Å². The number of nitrogens with one attached hydrogen (secondary N) is 1. The highest BCUT2D eigenvalue weighted by Crippen LogP contribution is 2.30. The summed E-state index contributed by atoms with van der Waals surface area (Å²) in [5.41, 5.74) is 7.25. The molecule has 94 valence electrons. The van der Waals surface area contributed by atoms with Gasteiger partial charge in [-0.2, -0.15) is 0 Å². The summed E-state index contributed by atoms with van der Waals surface area (Å²) >= 11 is 6.15. The van der Waals surface area contributed by atoms with Crippen molar-refractivity contribution in [3.05, 3.63) is 23.2 Å². The standard InChI is InChI=1S/C13H19ClN2O/c1-13(2)8-10(5-6-17-13)16-12-4-3-9(15)7-11(12)14/h3-4,7,10,16H,5-6,8,15H2,1-2H3. The maximum Gasteiger partial charge on any atom is 0.0658 e. The van der Waals surface area contributed by atoms with Gasteiger partial charge in [-0.05, 0) is 44.9 Å². The van der Waals surface area contributed by atoms with Gasteiger partial charge in [0, 0.05) is 18.3 Å². The third-order valence-electron chi connectivity index (χ3n) is 3.05. The lowest BCUT2D eigenvalue weighted by Crippen LogP contribution is -2.40. The fourth-order valence-corrected chi connectivity index (χ4v) is 2.47. The van der Waals surface area contributed by atoms with Crippen molar-refractivity contribution in [2.24, 2.45) is 0 Å². The zero-order valence-corrected chi connectivity index (χ0v) is 11.1. The summed E-state index contributed by atoms with van der Waals surface area (Å²) in [4.78, 5) is 0. The first kappa shape index (κ1) is 12.5. The van der Waals surface area contributed by atoms with Gasteiger partial charge < -0.3 is 15.8 Å². The molecule has 3 N–H and O–H groups in total. The lowest BCUT2D eigenvalue weighted by Gasteiger charge is -2.36. The number of nitrogens with two attached hydrogens (primary N) is 1. The molecule has 1 aromatic rings. The number of nitrogen functional groups attached to an aromatic ring is 1. The monoisotopic (exact) mass is 254 g/mol. The van der Waals surface area contributed by atoms with E-state index in [0.717, 1.165) is 25.1 Å². The van der Waals surface area contributed by atoms with Crippen molar-refractivity contribution >= 4 is 23.0 Å². The van der Waals surface area contributed by atoms with E-state index in [1.54, 1.807) is 6.07 Å². The van der Waals surface area contributed by atoms with Crippen LogP contribution >= 0.6 is 11.6 Å². The number of anilines is 2. The summed E-state index contributed by atoms with van der Waals surface area (Å²) in [5.74, 6) is 0. The summed E-state index contributed by atoms with van der Waals surface area (Å²) in [6.45, 7) is 5.02. The molecule has 0 saturated carbocycles. The number of benzene rings is 1. The van der Waals surface area contributed by atoms with Crippen LogP contribution in [0.2, 0.25) is 5.02 Å². The Kier molecular flexibility index (Phi) is 3.50. The molecule has 1 atom stereocenters. The molecular formula is C13H19ClN2O. The molecule has 0 radical (unpaired) electrons. The molecule has 1 saturated heterocycles. The molecule has 1 aliphatic heterocycles. The topological polar surface area (TPSA) is 47.3 Å². The van der Waals surface area contributed by atoms with Gasteiger partial charge >= 0.3 is 0 Å². The molecule has 2 rings (SSSR count). The van der Waals surface area contributed by atoms with Crippen LogP contribution in [0.4, 0.5) is 11.4 Å². The lowest BCUT2D eigenvalue weighted by molar-refractivity contribution is -0.0553. The number of halogens is 1. The predicted molar refractivity (Wildman–Crippen MR) is 72.5 cm³/mol. The van der Waals surface area contributed by atoms with Gasteiger partial charge in [0.15, 0.2) is 0 Å². The number of hydrogen-bond acceptors (Lipinski definition) is 3. The Bertz CT molecular complexity index is 406. The van der Waals surface area contributed by atoms with Crippen LogP contribution < -0.4 is 11.1 Å². The molecule has 4 heteroatoms. The average molecular weight is 255 g/mol. The summed E-state index contributed by atoms with van der Waals surface area (Å²) in [6, 6.07) is 5.97. The molecular weight excluding hydrogens is 236 g/mol. The quantitative estimate of drug-likeness (QED) is 0.797. The van der Waals surface area contributed by atoms with Gasteiger partial charge in [0.1, 0.15) is 0 Å². The Morgan fingerprint density at radius 2 is 2.24 bits per heavy atom. The van der Waals surface area contributed by atoms with Gasteiger partial charge in [0.2, 0.25) is 0 Å². The third kappa shape index (κ3) is 3.27. The highest BCUT2D eigenvalue weighted by atomic mass is 35.5. The molecule has 1 fully saturated rings. The van der Waals surface area contributed by atoms with E-state index >= 15 is 0 Å². The molecule has 0 aromatic heterocycles. The smallest absolute Gasteiger partial charge is 0.0658 e. The van der Waals surface area contributed by atoms with E-state index in [9.17, 15) is 0 Å². The Morgan fingerprint density at radius 3 is 2.88 bits per heavy atom. The zero-order valence-electron chi connectivity index (χ0n) is 10.3. The molecule has 0 spiro atoms. The van der Waals surface area contributed by atoms with Gasteiger partial charge in [-0.3, -0.25) is 0 Å². The summed E-state index contributed by atoms with van der Waals surface area (Å²) in [5, 5.41) is 4.14. The fraction of sp³-hybridized carbons (Fsp3) is 0.538. The van der Waals surface area contributed by atoms with Crippen LogP contribution in [0.5, 0.6) is 0 Å². The van der Waals surface area contributed by atoms with Gasteiger partial charge in [0.05, 0.1) is 16.3 Å². The summed E-state index contributed by atoms with van der Waals surface area (Å²) in [6.07, 6.45) is 1.98. The molecule has 17 heavy (non-hydrogen) atoms. The first-order valence-electron chi connectivity index (χ1n) is 5.92. The molecule has 1 unspecified atom stereocenters. The zero-order chi connectivity index (χ0) is 12.5. The van der Waals surface area contributed by atoms with Gasteiger partial charge in [0.25, 0.3) is 0 Å². The highest BCUT2D eigenvalue weighted by molar-refractivity contribution is 6.33. The van der Waals surface area contributed by atoms with Gasteiger partial charge in [-0.25, -0.2) is 0 Å². The number of rotatable bonds is 2. The summed E-state index contributed by atoms with van der Waals surface area (Å²) in [7, 11) is 0. The predicted octanol–water partition coefficient (Wildman–Crippen LogP) is 3.29. The van der Waals surface area contributed by atoms with Crippen molar-refractivity contribution in [2.45, 2.75) is 38.3 Å².